The molecule has 2 atom stereocenters. The second-order valence-electron chi connectivity index (χ2n) is 7.68. The quantitative estimate of drug-likeness (QED) is 0.776. The Bertz CT molecular complexity index is 639. The molecule has 0 radical (unpaired) electrons. The van der Waals surface area contributed by atoms with Gasteiger partial charge in [0.2, 0.25) is 5.91 Å². The van der Waals surface area contributed by atoms with Gasteiger partial charge in [-0.05, 0) is 56.4 Å². The van der Waals surface area contributed by atoms with E-state index in [0.29, 0.717) is 12.5 Å². The van der Waals surface area contributed by atoms with Gasteiger partial charge in [-0.2, -0.15) is 5.10 Å². The van der Waals surface area contributed by atoms with Crippen LogP contribution in [0.3, 0.4) is 0 Å². The minimum Gasteiger partial charge on any atom is -0.356 e. The second kappa shape index (κ2) is 7.06. The Morgan fingerprint density at radius 2 is 2.12 bits per heavy atom. The molecule has 0 unspecified atom stereocenters. The zero-order valence-corrected chi connectivity index (χ0v) is 14.6. The van der Waals surface area contributed by atoms with Crippen LogP contribution >= 0.6 is 0 Å². The molecular formula is C18H27N5O2. The molecule has 25 heavy (non-hydrogen) atoms. The van der Waals surface area contributed by atoms with Crippen LogP contribution < -0.4 is 10.6 Å². The minimum atomic E-state index is -0.0766. The molecule has 1 aromatic rings. The fourth-order valence-electron chi connectivity index (χ4n) is 3.93. The summed E-state index contributed by atoms with van der Waals surface area (Å²) in [4.78, 5) is 26.8. The molecule has 3 amide bonds. The van der Waals surface area contributed by atoms with Crippen molar-refractivity contribution in [1.82, 2.24) is 25.7 Å². The van der Waals surface area contributed by atoms with E-state index in [-0.39, 0.29) is 23.9 Å². The van der Waals surface area contributed by atoms with E-state index in [1.165, 1.54) is 18.4 Å². The number of rotatable bonds is 4. The highest BCUT2D eigenvalue weighted by atomic mass is 16.2. The highest BCUT2D eigenvalue weighted by Gasteiger charge is 2.31. The summed E-state index contributed by atoms with van der Waals surface area (Å²) >= 11 is 0. The van der Waals surface area contributed by atoms with E-state index in [1.54, 1.807) is 4.90 Å². The number of likely N-dealkylation sites (tertiary alicyclic amines) is 1. The third kappa shape index (κ3) is 3.80. The summed E-state index contributed by atoms with van der Waals surface area (Å²) in [6.45, 7) is 2.04. The Kier molecular flexibility index (Phi) is 4.63. The van der Waals surface area contributed by atoms with Crippen molar-refractivity contribution in [3.63, 3.8) is 0 Å². The van der Waals surface area contributed by atoms with Gasteiger partial charge in [0.15, 0.2) is 0 Å². The first-order valence-electron chi connectivity index (χ1n) is 9.56. The normalized spacial score (nSPS) is 26.0. The lowest BCUT2D eigenvalue weighted by Gasteiger charge is -2.34. The van der Waals surface area contributed by atoms with Crippen LogP contribution in [0.4, 0.5) is 4.79 Å². The van der Waals surface area contributed by atoms with Crippen molar-refractivity contribution in [1.29, 1.82) is 0 Å². The van der Waals surface area contributed by atoms with Crippen LogP contribution in [0.1, 0.15) is 55.8 Å². The topological polar surface area (TPSA) is 90.1 Å². The van der Waals surface area contributed by atoms with Gasteiger partial charge < -0.3 is 15.5 Å². The van der Waals surface area contributed by atoms with Crippen LogP contribution in [-0.4, -0.2) is 46.7 Å². The third-order valence-corrected chi connectivity index (χ3v) is 5.68. The van der Waals surface area contributed by atoms with Crippen LogP contribution in [-0.2, 0) is 11.2 Å². The highest BCUT2D eigenvalue weighted by Crippen LogP contribution is 2.29. The number of carbonyl (C=O) groups is 2. The van der Waals surface area contributed by atoms with Crippen molar-refractivity contribution in [3.8, 4) is 0 Å². The molecule has 7 nitrogen and oxygen atoms in total. The molecule has 0 aromatic carbocycles. The Labute approximate surface area is 147 Å². The molecular weight excluding hydrogens is 318 g/mol. The average Bonchev–Trinajstić information content (AvgIpc) is 3.34. The van der Waals surface area contributed by atoms with Crippen LogP contribution in [0.25, 0.3) is 0 Å². The lowest BCUT2D eigenvalue weighted by atomic mass is 9.93. The number of carbonyl (C=O) groups excluding carboxylic acids is 2. The SMILES string of the molecule is O=C(NCC1CC1)[C@H]1CCCN(C(=O)N[C@@H]2CCCc3cn[nH]c32)C1. The van der Waals surface area contributed by atoms with Gasteiger partial charge in [0.05, 0.1) is 23.9 Å². The molecule has 2 fully saturated rings. The summed E-state index contributed by atoms with van der Waals surface area (Å²) in [5.74, 6) is 0.715. The fraction of sp³-hybridized carbons (Fsp3) is 0.722. The first-order valence-corrected chi connectivity index (χ1v) is 9.56. The van der Waals surface area contributed by atoms with E-state index in [0.717, 1.165) is 50.9 Å². The number of fused-ring (bicyclic) bond motifs is 1. The first kappa shape index (κ1) is 16.4. The molecule has 1 saturated carbocycles. The Balaban J connectivity index is 1.32. The minimum absolute atomic E-state index is 0.00261. The number of urea groups is 1. The molecule has 3 aliphatic rings. The molecule has 0 spiro atoms. The third-order valence-electron chi connectivity index (χ3n) is 5.68. The number of amides is 3. The maximum Gasteiger partial charge on any atom is 0.317 e. The Morgan fingerprint density at radius 1 is 1.24 bits per heavy atom. The van der Waals surface area contributed by atoms with Gasteiger partial charge in [-0.15, -0.1) is 0 Å². The molecule has 0 bridgehead atoms. The molecule has 136 valence electrons. The summed E-state index contributed by atoms with van der Waals surface area (Å²) in [5, 5.41) is 13.3. The van der Waals surface area contributed by atoms with Crippen molar-refractivity contribution in [3.05, 3.63) is 17.5 Å². The Hall–Kier alpha value is -2.05. The maximum absolute atomic E-state index is 12.7. The highest BCUT2D eigenvalue weighted by molar-refractivity contribution is 5.81. The standard InChI is InChI=1S/C18H27N5O2/c24-17(19-9-12-6-7-12)14-4-2-8-23(11-14)18(25)21-15-5-1-3-13-10-20-22-16(13)15/h10,12,14-15H,1-9,11H2,(H,19,24)(H,20,22)(H,21,25)/t14-,15+/m0/s1. The zero-order chi connectivity index (χ0) is 17.2. The van der Waals surface area contributed by atoms with E-state index in [9.17, 15) is 9.59 Å². The second-order valence-corrected chi connectivity index (χ2v) is 7.68. The van der Waals surface area contributed by atoms with Crippen molar-refractivity contribution < 1.29 is 9.59 Å². The first-order chi connectivity index (χ1) is 12.2. The van der Waals surface area contributed by atoms with Crippen LogP contribution in [0.5, 0.6) is 0 Å². The number of nitrogens with zero attached hydrogens (tertiary/aromatic N) is 2. The lowest BCUT2D eigenvalue weighted by molar-refractivity contribution is -0.126. The summed E-state index contributed by atoms with van der Waals surface area (Å²) in [6, 6.07) is -0.0602. The molecule has 2 heterocycles. The van der Waals surface area contributed by atoms with E-state index in [2.05, 4.69) is 20.8 Å². The summed E-state index contributed by atoms with van der Waals surface area (Å²) in [6.07, 6.45) is 9.08. The van der Waals surface area contributed by atoms with Crippen LogP contribution in [0.2, 0.25) is 0 Å². The molecule has 7 heteroatoms. The number of piperidine rings is 1. The summed E-state index contributed by atoms with van der Waals surface area (Å²) < 4.78 is 0. The fourth-order valence-corrected chi connectivity index (χ4v) is 3.93. The number of hydrogen-bond donors (Lipinski definition) is 3. The van der Waals surface area contributed by atoms with E-state index < -0.39 is 0 Å². The predicted octanol–water partition coefficient (Wildman–Crippen LogP) is 1.73. The van der Waals surface area contributed by atoms with Gasteiger partial charge in [0.1, 0.15) is 0 Å². The lowest BCUT2D eigenvalue weighted by Crippen LogP contribution is -2.50. The van der Waals surface area contributed by atoms with Crippen LogP contribution in [0, 0.1) is 11.8 Å². The molecule has 1 aromatic heterocycles. The number of hydrogen-bond acceptors (Lipinski definition) is 3. The number of aromatic amines is 1. The molecule has 1 aliphatic heterocycles. The van der Waals surface area contributed by atoms with Gasteiger partial charge in [0, 0.05) is 19.6 Å². The summed E-state index contributed by atoms with van der Waals surface area (Å²) in [7, 11) is 0. The van der Waals surface area contributed by atoms with E-state index in [1.807, 2.05) is 6.20 Å². The number of aryl methyl sites for hydroxylation is 1. The molecule has 3 N–H and O–H groups in total. The van der Waals surface area contributed by atoms with Crippen molar-refractivity contribution in [2.24, 2.45) is 11.8 Å². The monoisotopic (exact) mass is 345 g/mol. The molecule has 1 saturated heterocycles. The van der Waals surface area contributed by atoms with Gasteiger partial charge in [-0.3, -0.25) is 9.89 Å². The van der Waals surface area contributed by atoms with Gasteiger partial charge in [0.25, 0.3) is 0 Å². The smallest absolute Gasteiger partial charge is 0.317 e. The van der Waals surface area contributed by atoms with E-state index in [4.69, 9.17) is 0 Å². The molecule has 2 aliphatic carbocycles. The van der Waals surface area contributed by atoms with Gasteiger partial charge in [-0.25, -0.2) is 4.79 Å². The number of nitrogens with one attached hydrogen (secondary N) is 3. The largest absolute Gasteiger partial charge is 0.356 e. The Morgan fingerprint density at radius 3 is 2.96 bits per heavy atom. The predicted molar refractivity (Wildman–Crippen MR) is 92.8 cm³/mol. The van der Waals surface area contributed by atoms with Crippen molar-refractivity contribution >= 4 is 11.9 Å². The van der Waals surface area contributed by atoms with Crippen molar-refractivity contribution in [2.45, 2.75) is 51.0 Å². The average molecular weight is 345 g/mol. The zero-order valence-electron chi connectivity index (χ0n) is 14.6. The molecule has 4 rings (SSSR count). The number of H-pyrrole nitrogens is 1. The maximum atomic E-state index is 12.7. The number of aromatic nitrogens is 2. The van der Waals surface area contributed by atoms with Crippen molar-refractivity contribution in [2.75, 3.05) is 19.6 Å². The van der Waals surface area contributed by atoms with Gasteiger partial charge in [-0.1, -0.05) is 0 Å². The van der Waals surface area contributed by atoms with Crippen LogP contribution in [0.15, 0.2) is 6.20 Å². The van der Waals surface area contributed by atoms with Gasteiger partial charge >= 0.3 is 6.03 Å². The van der Waals surface area contributed by atoms with E-state index >= 15 is 0 Å². The summed E-state index contributed by atoms with van der Waals surface area (Å²) in [5.41, 5.74) is 2.24.